The summed E-state index contributed by atoms with van der Waals surface area (Å²) in [6.07, 6.45) is 0. The quantitative estimate of drug-likeness (QED) is 0.683. The van der Waals surface area contributed by atoms with Gasteiger partial charge in [0, 0.05) is 11.5 Å². The molecule has 3 rings (SSSR count). The monoisotopic (exact) mass is 324 g/mol. The van der Waals surface area contributed by atoms with Gasteiger partial charge in [0.15, 0.2) is 5.69 Å². The average molecular weight is 324 g/mol. The van der Waals surface area contributed by atoms with Crippen LogP contribution in [0.5, 0.6) is 11.5 Å². The Morgan fingerprint density at radius 2 is 1.79 bits per heavy atom. The summed E-state index contributed by atoms with van der Waals surface area (Å²) >= 11 is 0. The molecule has 0 aliphatic heterocycles. The molecular weight excluding hydrogens is 308 g/mol. The second-order valence-corrected chi connectivity index (χ2v) is 5.46. The molecule has 0 saturated carbocycles. The highest BCUT2D eigenvalue weighted by Gasteiger charge is 2.24. The van der Waals surface area contributed by atoms with Crippen molar-refractivity contribution in [1.29, 1.82) is 0 Å². The molecular formula is C18H16N2O4. The third kappa shape index (κ3) is 2.94. The average Bonchev–Trinajstić information content (AvgIpc) is 3.00. The smallest absolute Gasteiger partial charge is 0.271 e. The number of carbonyl (C=O) groups excluding carboxylic acids is 1. The number of phenols is 2. The predicted octanol–water partition coefficient (Wildman–Crippen LogP) is 3.00. The van der Waals surface area contributed by atoms with Crippen LogP contribution in [-0.4, -0.2) is 21.1 Å². The van der Waals surface area contributed by atoms with Crippen molar-refractivity contribution in [3.63, 3.8) is 0 Å². The van der Waals surface area contributed by atoms with Crippen LogP contribution >= 0.6 is 0 Å². The first-order chi connectivity index (χ1) is 11.5. The van der Waals surface area contributed by atoms with E-state index in [2.05, 4.69) is 4.98 Å². The van der Waals surface area contributed by atoms with E-state index in [-0.39, 0.29) is 29.0 Å². The first-order valence-corrected chi connectivity index (χ1v) is 7.34. The number of aromatic nitrogens is 1. The lowest BCUT2D eigenvalue weighted by Crippen LogP contribution is -2.15. The highest BCUT2D eigenvalue weighted by atomic mass is 16.4. The van der Waals surface area contributed by atoms with Crippen LogP contribution in [-0.2, 0) is 0 Å². The number of benzene rings is 2. The fraction of sp³-hybridized carbons (Fsp3) is 0.111. The van der Waals surface area contributed by atoms with E-state index in [1.807, 2.05) is 13.0 Å². The number of hydrogen-bond donors (Lipinski definition) is 3. The number of carbonyl (C=O) groups is 1. The number of hydrogen-bond acceptors (Lipinski definition) is 5. The molecule has 0 unspecified atom stereocenters. The topological polar surface area (TPSA) is 110 Å². The van der Waals surface area contributed by atoms with E-state index in [0.29, 0.717) is 11.3 Å². The van der Waals surface area contributed by atoms with Gasteiger partial charge in [-0.1, -0.05) is 25.1 Å². The Hall–Kier alpha value is -3.28. The molecule has 1 aromatic heterocycles. The van der Waals surface area contributed by atoms with Gasteiger partial charge in [0.2, 0.25) is 5.89 Å². The molecule has 0 fully saturated rings. The molecule has 122 valence electrons. The van der Waals surface area contributed by atoms with Crippen molar-refractivity contribution < 1.29 is 19.4 Å². The molecule has 0 saturated heterocycles. The minimum absolute atomic E-state index is 0.0317. The van der Waals surface area contributed by atoms with Crippen LogP contribution in [0.4, 0.5) is 0 Å². The number of rotatable bonds is 4. The zero-order valence-electron chi connectivity index (χ0n) is 12.9. The molecule has 6 heteroatoms. The Labute approximate surface area is 138 Å². The Morgan fingerprint density at radius 3 is 2.42 bits per heavy atom. The molecule has 0 aliphatic rings. The standard InChI is InChI=1S/C18H16N2O4/c1-10(11-4-2-6-13(21)8-11)16-15(17(19)23)20-18(24-16)12-5-3-7-14(22)9-12/h2-10,21-22H,1H3,(H2,19,23)/t10-/m0/s1. The fourth-order valence-corrected chi connectivity index (χ4v) is 2.51. The van der Waals surface area contributed by atoms with Gasteiger partial charge in [0.25, 0.3) is 5.91 Å². The van der Waals surface area contributed by atoms with Crippen LogP contribution in [0.15, 0.2) is 52.9 Å². The summed E-state index contributed by atoms with van der Waals surface area (Å²) in [4.78, 5) is 15.9. The summed E-state index contributed by atoms with van der Waals surface area (Å²) < 4.78 is 5.77. The van der Waals surface area contributed by atoms with Crippen molar-refractivity contribution in [2.24, 2.45) is 5.73 Å². The highest BCUT2D eigenvalue weighted by molar-refractivity contribution is 5.92. The first kappa shape index (κ1) is 15.6. The third-order valence-electron chi connectivity index (χ3n) is 3.74. The predicted molar refractivity (Wildman–Crippen MR) is 87.7 cm³/mol. The maximum Gasteiger partial charge on any atom is 0.271 e. The minimum atomic E-state index is -0.702. The van der Waals surface area contributed by atoms with E-state index in [9.17, 15) is 15.0 Å². The summed E-state index contributed by atoms with van der Waals surface area (Å²) in [5, 5.41) is 19.2. The number of phenolic OH excluding ortho intramolecular Hbond substituents is 2. The van der Waals surface area contributed by atoms with Gasteiger partial charge >= 0.3 is 0 Å². The van der Waals surface area contributed by atoms with Gasteiger partial charge in [-0.05, 0) is 35.9 Å². The second-order valence-electron chi connectivity index (χ2n) is 5.46. The van der Waals surface area contributed by atoms with Gasteiger partial charge in [-0.25, -0.2) is 4.98 Å². The molecule has 24 heavy (non-hydrogen) atoms. The first-order valence-electron chi connectivity index (χ1n) is 7.34. The van der Waals surface area contributed by atoms with Gasteiger partial charge in [-0.15, -0.1) is 0 Å². The van der Waals surface area contributed by atoms with E-state index in [4.69, 9.17) is 10.2 Å². The number of primary amides is 1. The Bertz CT molecular complexity index is 902. The molecule has 0 aliphatic carbocycles. The van der Waals surface area contributed by atoms with Gasteiger partial charge < -0.3 is 20.4 Å². The summed E-state index contributed by atoms with van der Waals surface area (Å²) in [5.74, 6) is -0.347. The highest BCUT2D eigenvalue weighted by Crippen LogP contribution is 2.33. The third-order valence-corrected chi connectivity index (χ3v) is 3.74. The lowest BCUT2D eigenvalue weighted by atomic mass is 9.97. The van der Waals surface area contributed by atoms with Crippen LogP contribution in [0.1, 0.15) is 34.7 Å². The van der Waals surface area contributed by atoms with Crippen LogP contribution in [0.25, 0.3) is 11.5 Å². The zero-order valence-corrected chi connectivity index (χ0v) is 12.9. The lowest BCUT2D eigenvalue weighted by Gasteiger charge is -2.10. The Balaban J connectivity index is 2.08. The van der Waals surface area contributed by atoms with Crippen LogP contribution in [0, 0.1) is 0 Å². The van der Waals surface area contributed by atoms with Crippen molar-refractivity contribution in [3.8, 4) is 23.0 Å². The van der Waals surface area contributed by atoms with E-state index in [1.165, 1.54) is 12.1 Å². The summed E-state index contributed by atoms with van der Waals surface area (Å²) in [6, 6.07) is 13.0. The molecule has 1 amide bonds. The van der Waals surface area contributed by atoms with Crippen molar-refractivity contribution in [2.45, 2.75) is 12.8 Å². The molecule has 1 atom stereocenters. The minimum Gasteiger partial charge on any atom is -0.508 e. The maximum absolute atomic E-state index is 11.7. The van der Waals surface area contributed by atoms with Crippen molar-refractivity contribution in [2.75, 3.05) is 0 Å². The van der Waals surface area contributed by atoms with Gasteiger partial charge in [-0.2, -0.15) is 0 Å². The van der Waals surface area contributed by atoms with E-state index >= 15 is 0 Å². The Kier molecular flexibility index (Phi) is 3.95. The second kappa shape index (κ2) is 6.08. The van der Waals surface area contributed by atoms with Gasteiger partial charge in [0.1, 0.15) is 17.3 Å². The van der Waals surface area contributed by atoms with Gasteiger partial charge in [0.05, 0.1) is 0 Å². The number of amides is 1. The van der Waals surface area contributed by atoms with Crippen molar-refractivity contribution >= 4 is 5.91 Å². The number of aromatic hydroxyl groups is 2. The molecule has 0 spiro atoms. The molecule has 0 bridgehead atoms. The van der Waals surface area contributed by atoms with Crippen molar-refractivity contribution in [3.05, 3.63) is 65.5 Å². The number of nitrogens with two attached hydrogens (primary N) is 1. The van der Waals surface area contributed by atoms with Crippen LogP contribution in [0.3, 0.4) is 0 Å². The zero-order chi connectivity index (χ0) is 17.3. The van der Waals surface area contributed by atoms with E-state index in [1.54, 1.807) is 30.3 Å². The lowest BCUT2D eigenvalue weighted by molar-refractivity contribution is 0.0994. The number of oxazole rings is 1. The molecule has 4 N–H and O–H groups in total. The largest absolute Gasteiger partial charge is 0.508 e. The van der Waals surface area contributed by atoms with E-state index < -0.39 is 5.91 Å². The molecule has 1 heterocycles. The maximum atomic E-state index is 11.7. The Morgan fingerprint density at radius 1 is 1.12 bits per heavy atom. The fourth-order valence-electron chi connectivity index (χ4n) is 2.51. The molecule has 0 radical (unpaired) electrons. The SMILES string of the molecule is C[C@@H](c1cccc(O)c1)c1oc(-c2cccc(O)c2)nc1C(N)=O. The summed E-state index contributed by atoms with van der Waals surface area (Å²) in [6.45, 7) is 1.83. The molecule has 2 aromatic carbocycles. The summed E-state index contributed by atoms with van der Waals surface area (Å²) in [7, 11) is 0. The molecule has 3 aromatic rings. The van der Waals surface area contributed by atoms with Crippen LogP contribution < -0.4 is 5.73 Å². The summed E-state index contributed by atoms with van der Waals surface area (Å²) in [5.41, 5.74) is 6.75. The van der Waals surface area contributed by atoms with Crippen LogP contribution in [0.2, 0.25) is 0 Å². The normalized spacial score (nSPS) is 12.0. The number of nitrogens with zero attached hydrogens (tertiary/aromatic N) is 1. The van der Waals surface area contributed by atoms with Crippen molar-refractivity contribution in [1.82, 2.24) is 4.98 Å². The van der Waals surface area contributed by atoms with E-state index in [0.717, 1.165) is 5.56 Å². The van der Waals surface area contributed by atoms with Gasteiger partial charge in [-0.3, -0.25) is 4.79 Å². The molecule has 6 nitrogen and oxygen atoms in total.